The van der Waals surface area contributed by atoms with E-state index in [0.29, 0.717) is 0 Å². The van der Waals surface area contributed by atoms with E-state index in [-0.39, 0.29) is 0 Å². The van der Waals surface area contributed by atoms with E-state index in [1.165, 1.54) is 66.6 Å². The quantitative estimate of drug-likeness (QED) is 0.209. The number of aromatic nitrogens is 1. The molecule has 2 heterocycles. The van der Waals surface area contributed by atoms with Crippen molar-refractivity contribution in [2.75, 3.05) is 4.90 Å². The smallest absolute Gasteiger partial charge is 0.0548 e. The van der Waals surface area contributed by atoms with Crippen molar-refractivity contribution >= 4 is 38.9 Å². The summed E-state index contributed by atoms with van der Waals surface area (Å²) in [5.74, 6) is 0. The first-order valence-electron chi connectivity index (χ1n) is 15.1. The summed E-state index contributed by atoms with van der Waals surface area (Å²) in [5.41, 5.74) is 14.4. The van der Waals surface area contributed by atoms with Crippen LogP contribution in [0.25, 0.3) is 60.9 Å². The van der Waals surface area contributed by atoms with Crippen LogP contribution in [0.2, 0.25) is 0 Å². The second kappa shape index (κ2) is 9.86. The van der Waals surface area contributed by atoms with Crippen molar-refractivity contribution in [3.63, 3.8) is 0 Å². The van der Waals surface area contributed by atoms with Gasteiger partial charge in [-0.1, -0.05) is 121 Å². The molecule has 2 nitrogen and oxygen atoms in total. The normalized spacial score (nSPS) is 12.0. The molecule has 0 aliphatic carbocycles. The SMILES string of the molecule is c1ccc(-c2cccc(N3c4ccccc4-c4ccccc4-c4cc5c(cc43)c3ccccc3n5-c3ccccc3)c2)cc1. The van der Waals surface area contributed by atoms with Crippen LogP contribution in [0.15, 0.2) is 170 Å². The molecule has 0 spiro atoms. The summed E-state index contributed by atoms with van der Waals surface area (Å²) in [6.07, 6.45) is 0. The van der Waals surface area contributed by atoms with Crippen LogP contribution in [0, 0.1) is 0 Å². The van der Waals surface area contributed by atoms with Crippen LogP contribution in [-0.4, -0.2) is 4.57 Å². The van der Waals surface area contributed by atoms with Gasteiger partial charge in [-0.25, -0.2) is 0 Å². The minimum Gasteiger partial charge on any atom is -0.309 e. The number of hydrogen-bond donors (Lipinski definition) is 0. The molecule has 0 radical (unpaired) electrons. The van der Waals surface area contributed by atoms with E-state index in [4.69, 9.17) is 0 Å². The Labute approximate surface area is 256 Å². The fourth-order valence-corrected chi connectivity index (χ4v) is 6.97. The van der Waals surface area contributed by atoms with Crippen LogP contribution < -0.4 is 4.90 Å². The lowest BCUT2D eigenvalue weighted by atomic mass is 9.94. The molecule has 1 aliphatic rings. The van der Waals surface area contributed by atoms with Gasteiger partial charge in [-0.15, -0.1) is 0 Å². The number of para-hydroxylation sites is 3. The first-order chi connectivity index (χ1) is 21.8. The van der Waals surface area contributed by atoms with E-state index >= 15 is 0 Å². The van der Waals surface area contributed by atoms with E-state index in [0.717, 1.165) is 11.4 Å². The minimum absolute atomic E-state index is 1.14. The fraction of sp³-hybridized carbons (Fsp3) is 0. The molecule has 0 atom stereocenters. The Bertz CT molecular complexity index is 2330. The molecule has 1 aliphatic heterocycles. The molecule has 2 heteroatoms. The maximum atomic E-state index is 2.46. The van der Waals surface area contributed by atoms with Crippen molar-refractivity contribution < 1.29 is 0 Å². The summed E-state index contributed by atoms with van der Waals surface area (Å²) < 4.78 is 2.41. The molecule has 0 fully saturated rings. The summed E-state index contributed by atoms with van der Waals surface area (Å²) in [5, 5.41) is 2.49. The topological polar surface area (TPSA) is 8.17 Å². The van der Waals surface area contributed by atoms with Crippen molar-refractivity contribution in [3.8, 4) is 39.1 Å². The first kappa shape index (κ1) is 24.7. The second-order valence-corrected chi connectivity index (χ2v) is 11.4. The third-order valence-corrected chi connectivity index (χ3v) is 8.91. The predicted octanol–water partition coefficient (Wildman–Crippen LogP) is 11.6. The van der Waals surface area contributed by atoms with Crippen LogP contribution in [0.1, 0.15) is 0 Å². The molecule has 0 bridgehead atoms. The van der Waals surface area contributed by atoms with E-state index < -0.39 is 0 Å². The van der Waals surface area contributed by atoms with Crippen molar-refractivity contribution in [3.05, 3.63) is 170 Å². The lowest BCUT2D eigenvalue weighted by Crippen LogP contribution is -2.11. The maximum Gasteiger partial charge on any atom is 0.0548 e. The molecule has 44 heavy (non-hydrogen) atoms. The maximum absolute atomic E-state index is 2.46. The van der Waals surface area contributed by atoms with Crippen LogP contribution >= 0.6 is 0 Å². The van der Waals surface area contributed by atoms with Gasteiger partial charge < -0.3 is 9.47 Å². The van der Waals surface area contributed by atoms with Crippen molar-refractivity contribution in [1.82, 2.24) is 4.57 Å². The number of anilines is 3. The third kappa shape index (κ3) is 3.75. The highest BCUT2D eigenvalue weighted by molar-refractivity contribution is 6.14. The Balaban J connectivity index is 1.41. The number of benzene rings is 7. The monoisotopic (exact) mass is 560 g/mol. The van der Waals surface area contributed by atoms with Gasteiger partial charge in [-0.2, -0.15) is 0 Å². The van der Waals surface area contributed by atoms with Gasteiger partial charge >= 0.3 is 0 Å². The highest BCUT2D eigenvalue weighted by Gasteiger charge is 2.28. The summed E-state index contributed by atoms with van der Waals surface area (Å²) >= 11 is 0. The number of hydrogen-bond acceptors (Lipinski definition) is 1. The van der Waals surface area contributed by atoms with Crippen molar-refractivity contribution in [2.45, 2.75) is 0 Å². The lowest BCUT2D eigenvalue weighted by molar-refractivity contribution is 1.18. The summed E-state index contributed by atoms with van der Waals surface area (Å²) in [4.78, 5) is 2.46. The average molecular weight is 561 g/mol. The molecule has 0 N–H and O–H groups in total. The van der Waals surface area contributed by atoms with E-state index in [1.807, 2.05) is 0 Å². The molecule has 7 aromatic carbocycles. The van der Waals surface area contributed by atoms with Gasteiger partial charge in [-0.3, -0.25) is 0 Å². The Morgan fingerprint density at radius 2 is 0.932 bits per heavy atom. The Kier molecular flexibility index (Phi) is 5.54. The van der Waals surface area contributed by atoms with Crippen LogP contribution in [0.3, 0.4) is 0 Å². The second-order valence-electron chi connectivity index (χ2n) is 11.4. The van der Waals surface area contributed by atoms with Gasteiger partial charge in [0.05, 0.1) is 22.4 Å². The molecule has 8 aromatic rings. The van der Waals surface area contributed by atoms with E-state index in [1.54, 1.807) is 0 Å². The zero-order valence-electron chi connectivity index (χ0n) is 24.1. The molecule has 0 saturated carbocycles. The molecular formula is C42H28N2. The largest absolute Gasteiger partial charge is 0.309 e. The van der Waals surface area contributed by atoms with Gasteiger partial charge in [0, 0.05) is 33.3 Å². The molecule has 0 amide bonds. The summed E-state index contributed by atoms with van der Waals surface area (Å²) in [6, 6.07) is 61.6. The van der Waals surface area contributed by atoms with Crippen LogP contribution in [0.5, 0.6) is 0 Å². The molecule has 1 aromatic heterocycles. The van der Waals surface area contributed by atoms with Gasteiger partial charge in [0.25, 0.3) is 0 Å². The van der Waals surface area contributed by atoms with Crippen LogP contribution in [-0.2, 0) is 0 Å². The molecule has 9 rings (SSSR count). The van der Waals surface area contributed by atoms with E-state index in [9.17, 15) is 0 Å². The summed E-state index contributed by atoms with van der Waals surface area (Å²) in [7, 11) is 0. The first-order valence-corrected chi connectivity index (χ1v) is 15.1. The third-order valence-electron chi connectivity index (χ3n) is 8.91. The zero-order valence-corrected chi connectivity index (χ0v) is 24.1. The molecule has 206 valence electrons. The molecular weight excluding hydrogens is 532 g/mol. The average Bonchev–Trinajstić information content (AvgIpc) is 3.36. The predicted molar refractivity (Wildman–Crippen MR) is 185 cm³/mol. The molecule has 0 saturated heterocycles. The lowest BCUT2D eigenvalue weighted by Gasteiger charge is -2.28. The number of rotatable bonds is 3. The number of fused-ring (bicyclic) bond motifs is 8. The molecule has 0 unspecified atom stereocenters. The summed E-state index contributed by atoms with van der Waals surface area (Å²) in [6.45, 7) is 0. The van der Waals surface area contributed by atoms with Gasteiger partial charge in [-0.05, 0) is 70.8 Å². The van der Waals surface area contributed by atoms with Crippen LogP contribution in [0.4, 0.5) is 17.1 Å². The zero-order chi connectivity index (χ0) is 29.0. The minimum atomic E-state index is 1.14. The highest BCUT2D eigenvalue weighted by atomic mass is 15.2. The van der Waals surface area contributed by atoms with Crippen molar-refractivity contribution in [2.24, 2.45) is 0 Å². The Morgan fingerprint density at radius 3 is 1.75 bits per heavy atom. The van der Waals surface area contributed by atoms with Gasteiger partial charge in [0.2, 0.25) is 0 Å². The standard InChI is InChI=1S/C42H28N2/c1-3-14-29(15-4-1)30-16-13-19-32(26-30)44-39-24-11-9-22-35(39)33-20-7-8-21-34(33)37-27-42-38(28-41(37)44)36-23-10-12-25-40(36)43(42)31-17-5-2-6-18-31/h1-28H. The Hall–Kier alpha value is -5.86. The van der Waals surface area contributed by atoms with Crippen molar-refractivity contribution in [1.29, 1.82) is 0 Å². The highest BCUT2D eigenvalue weighted by Crippen LogP contribution is 2.52. The Morgan fingerprint density at radius 1 is 0.318 bits per heavy atom. The fourth-order valence-electron chi connectivity index (χ4n) is 6.97. The van der Waals surface area contributed by atoms with E-state index in [2.05, 4.69) is 179 Å². The van der Waals surface area contributed by atoms with Gasteiger partial charge in [0.15, 0.2) is 0 Å². The van der Waals surface area contributed by atoms with Gasteiger partial charge in [0.1, 0.15) is 0 Å². The number of nitrogens with zero attached hydrogens (tertiary/aromatic N) is 2.